The van der Waals surface area contributed by atoms with Crippen molar-refractivity contribution < 1.29 is 14.6 Å². The number of fused-ring (bicyclic) bond motifs is 2. The molecule has 3 aromatic rings. The highest BCUT2D eigenvalue weighted by Crippen LogP contribution is 2.32. The highest BCUT2D eigenvalue weighted by atomic mass is 16.5. The molecule has 6 heteroatoms. The monoisotopic (exact) mass is 379 g/mol. The summed E-state index contributed by atoms with van der Waals surface area (Å²) in [6, 6.07) is 12.0. The third kappa shape index (κ3) is 3.24. The Morgan fingerprint density at radius 2 is 1.96 bits per heavy atom. The SMILES string of the molecule is Cc1nc2c(OC3Cc4ccccc4C3)cc(C(=O)N(C)CCO)cc2n1C. The first kappa shape index (κ1) is 18.5. The molecule has 0 saturated heterocycles. The zero-order valence-corrected chi connectivity index (χ0v) is 16.5. The number of hydrogen-bond donors (Lipinski definition) is 1. The van der Waals surface area contributed by atoms with E-state index < -0.39 is 0 Å². The Bertz CT molecular complexity index is 1020. The van der Waals surface area contributed by atoms with E-state index in [1.54, 1.807) is 13.1 Å². The van der Waals surface area contributed by atoms with Crippen molar-refractivity contribution >= 4 is 16.9 Å². The molecule has 0 radical (unpaired) electrons. The van der Waals surface area contributed by atoms with E-state index >= 15 is 0 Å². The van der Waals surface area contributed by atoms with E-state index in [2.05, 4.69) is 29.2 Å². The number of aliphatic hydroxyl groups is 1. The van der Waals surface area contributed by atoms with Crippen LogP contribution in [-0.4, -0.2) is 51.8 Å². The van der Waals surface area contributed by atoms with Gasteiger partial charge in [-0.25, -0.2) is 4.98 Å². The molecule has 146 valence electrons. The summed E-state index contributed by atoms with van der Waals surface area (Å²) in [5.74, 6) is 1.36. The van der Waals surface area contributed by atoms with Crippen LogP contribution < -0.4 is 4.74 Å². The Morgan fingerprint density at radius 3 is 2.61 bits per heavy atom. The third-order valence-electron chi connectivity index (χ3n) is 5.51. The number of aliphatic hydroxyl groups excluding tert-OH is 1. The van der Waals surface area contributed by atoms with E-state index in [0.29, 0.717) is 11.3 Å². The van der Waals surface area contributed by atoms with Crippen molar-refractivity contribution in [2.24, 2.45) is 7.05 Å². The van der Waals surface area contributed by atoms with Gasteiger partial charge in [-0.15, -0.1) is 0 Å². The van der Waals surface area contributed by atoms with Gasteiger partial charge in [0.25, 0.3) is 5.91 Å². The molecule has 1 aromatic heterocycles. The molecule has 1 amide bonds. The molecule has 1 heterocycles. The normalized spacial score (nSPS) is 13.7. The fourth-order valence-electron chi connectivity index (χ4n) is 3.84. The molecule has 1 aliphatic carbocycles. The zero-order valence-electron chi connectivity index (χ0n) is 16.5. The van der Waals surface area contributed by atoms with Crippen LogP contribution in [0.15, 0.2) is 36.4 Å². The van der Waals surface area contributed by atoms with Gasteiger partial charge in [-0.05, 0) is 30.2 Å². The lowest BCUT2D eigenvalue weighted by atomic mass is 10.1. The molecule has 0 bridgehead atoms. The summed E-state index contributed by atoms with van der Waals surface area (Å²) >= 11 is 0. The fourth-order valence-corrected chi connectivity index (χ4v) is 3.84. The maximum Gasteiger partial charge on any atom is 0.253 e. The van der Waals surface area contributed by atoms with Crippen LogP contribution in [0.25, 0.3) is 11.0 Å². The van der Waals surface area contributed by atoms with Crippen LogP contribution in [-0.2, 0) is 19.9 Å². The molecule has 6 nitrogen and oxygen atoms in total. The second-order valence-corrected chi connectivity index (χ2v) is 7.43. The van der Waals surface area contributed by atoms with Crippen LogP contribution in [0.4, 0.5) is 0 Å². The van der Waals surface area contributed by atoms with Gasteiger partial charge < -0.3 is 19.3 Å². The second kappa shape index (κ2) is 7.28. The van der Waals surface area contributed by atoms with Crippen molar-refractivity contribution in [2.75, 3.05) is 20.2 Å². The number of amides is 1. The molecule has 1 N–H and O–H groups in total. The number of ether oxygens (including phenoxy) is 1. The van der Waals surface area contributed by atoms with Gasteiger partial charge >= 0.3 is 0 Å². The lowest BCUT2D eigenvalue weighted by Crippen LogP contribution is -2.29. The standard InChI is InChI=1S/C22H25N3O3/c1-14-23-21-19(25(14)3)12-17(22(27)24(2)8-9-26)13-20(21)28-18-10-15-6-4-5-7-16(15)11-18/h4-7,12-13,18,26H,8-11H2,1-3H3. The molecule has 0 fully saturated rings. The summed E-state index contributed by atoms with van der Waals surface area (Å²) in [7, 11) is 3.62. The smallest absolute Gasteiger partial charge is 0.253 e. The number of aromatic nitrogens is 2. The minimum atomic E-state index is -0.144. The number of nitrogens with zero attached hydrogens (tertiary/aromatic N) is 3. The second-order valence-electron chi connectivity index (χ2n) is 7.43. The maximum absolute atomic E-state index is 12.8. The van der Waals surface area contributed by atoms with E-state index in [-0.39, 0.29) is 25.2 Å². The number of likely N-dealkylation sites (N-methyl/N-ethyl adjacent to an activating group) is 1. The molecule has 1 aliphatic rings. The number of carbonyl (C=O) groups is 1. The Labute approximate surface area is 164 Å². The van der Waals surface area contributed by atoms with E-state index in [1.165, 1.54) is 16.0 Å². The van der Waals surface area contributed by atoms with E-state index in [9.17, 15) is 4.79 Å². The predicted molar refractivity (Wildman–Crippen MR) is 108 cm³/mol. The Hall–Kier alpha value is -2.86. The number of aryl methyl sites for hydroxylation is 2. The fraction of sp³-hybridized carbons (Fsp3) is 0.364. The molecular formula is C22H25N3O3. The lowest BCUT2D eigenvalue weighted by molar-refractivity contribution is 0.0766. The summed E-state index contributed by atoms with van der Waals surface area (Å²) in [5.41, 5.74) is 4.81. The molecule has 2 aromatic carbocycles. The van der Waals surface area contributed by atoms with Crippen LogP contribution in [0, 0.1) is 6.92 Å². The maximum atomic E-state index is 12.8. The number of rotatable bonds is 5. The number of imidazole rings is 1. The van der Waals surface area contributed by atoms with Gasteiger partial charge in [0.05, 0.1) is 12.1 Å². The summed E-state index contributed by atoms with van der Waals surface area (Å²) < 4.78 is 8.34. The van der Waals surface area contributed by atoms with E-state index in [1.807, 2.05) is 24.6 Å². The minimum Gasteiger partial charge on any atom is -0.487 e. The van der Waals surface area contributed by atoms with Gasteiger partial charge in [0, 0.05) is 39.0 Å². The highest BCUT2D eigenvalue weighted by molar-refractivity contribution is 5.99. The van der Waals surface area contributed by atoms with Crippen molar-refractivity contribution in [2.45, 2.75) is 25.9 Å². The Balaban J connectivity index is 1.70. The van der Waals surface area contributed by atoms with Crippen LogP contribution >= 0.6 is 0 Å². The van der Waals surface area contributed by atoms with Gasteiger partial charge in [0.1, 0.15) is 23.2 Å². The summed E-state index contributed by atoms with van der Waals surface area (Å²) in [6.45, 7) is 2.16. The van der Waals surface area contributed by atoms with Crippen molar-refractivity contribution in [3.63, 3.8) is 0 Å². The highest BCUT2D eigenvalue weighted by Gasteiger charge is 2.25. The molecular weight excluding hydrogens is 354 g/mol. The van der Waals surface area contributed by atoms with Crippen molar-refractivity contribution in [3.05, 3.63) is 58.9 Å². The average molecular weight is 379 g/mol. The van der Waals surface area contributed by atoms with Gasteiger partial charge in [-0.3, -0.25) is 4.79 Å². The topological polar surface area (TPSA) is 67.6 Å². The predicted octanol–water partition coefficient (Wildman–Crippen LogP) is 2.49. The van der Waals surface area contributed by atoms with Gasteiger partial charge in [-0.1, -0.05) is 24.3 Å². The van der Waals surface area contributed by atoms with Crippen molar-refractivity contribution in [1.82, 2.24) is 14.5 Å². The zero-order chi connectivity index (χ0) is 19.8. The molecule has 0 spiro atoms. The number of carbonyl (C=O) groups excluding carboxylic acids is 1. The summed E-state index contributed by atoms with van der Waals surface area (Å²) in [4.78, 5) is 19.0. The molecule has 0 saturated carbocycles. The first-order chi connectivity index (χ1) is 13.5. The van der Waals surface area contributed by atoms with Crippen LogP contribution in [0.2, 0.25) is 0 Å². The van der Waals surface area contributed by atoms with Gasteiger partial charge in [0.2, 0.25) is 0 Å². The largest absolute Gasteiger partial charge is 0.487 e. The first-order valence-electron chi connectivity index (χ1n) is 9.54. The number of hydrogen-bond acceptors (Lipinski definition) is 4. The summed E-state index contributed by atoms with van der Waals surface area (Å²) in [6.07, 6.45) is 1.74. The van der Waals surface area contributed by atoms with E-state index in [0.717, 1.165) is 29.7 Å². The Morgan fingerprint density at radius 1 is 1.29 bits per heavy atom. The molecule has 0 aliphatic heterocycles. The molecule has 4 rings (SSSR count). The Kier molecular flexibility index (Phi) is 4.81. The molecule has 28 heavy (non-hydrogen) atoms. The molecule has 0 atom stereocenters. The van der Waals surface area contributed by atoms with Crippen molar-refractivity contribution in [1.29, 1.82) is 0 Å². The minimum absolute atomic E-state index is 0.0310. The summed E-state index contributed by atoms with van der Waals surface area (Å²) in [5, 5.41) is 9.15. The van der Waals surface area contributed by atoms with Gasteiger partial charge in [0.15, 0.2) is 0 Å². The lowest BCUT2D eigenvalue weighted by Gasteiger charge is -2.18. The number of benzene rings is 2. The van der Waals surface area contributed by atoms with E-state index in [4.69, 9.17) is 9.84 Å². The van der Waals surface area contributed by atoms with Crippen LogP contribution in [0.1, 0.15) is 27.3 Å². The van der Waals surface area contributed by atoms with Crippen LogP contribution in [0.5, 0.6) is 5.75 Å². The van der Waals surface area contributed by atoms with Crippen LogP contribution in [0.3, 0.4) is 0 Å². The van der Waals surface area contributed by atoms with Crippen molar-refractivity contribution in [3.8, 4) is 5.75 Å². The molecule has 0 unspecified atom stereocenters. The van der Waals surface area contributed by atoms with Gasteiger partial charge in [-0.2, -0.15) is 0 Å². The quantitative estimate of drug-likeness (QED) is 0.740. The third-order valence-corrected chi connectivity index (χ3v) is 5.51. The average Bonchev–Trinajstić information content (AvgIpc) is 3.22. The first-order valence-corrected chi connectivity index (χ1v) is 9.54.